The van der Waals surface area contributed by atoms with E-state index < -0.39 is 0 Å². The molecule has 3 heteroatoms. The molecular formula is C18H36N2O. The van der Waals surface area contributed by atoms with Crippen LogP contribution in [0.4, 0.5) is 0 Å². The molecule has 0 aromatic rings. The summed E-state index contributed by atoms with van der Waals surface area (Å²) in [6, 6.07) is 0. The Morgan fingerprint density at radius 1 is 1.19 bits per heavy atom. The minimum atomic E-state index is 0.0189. The smallest absolute Gasteiger partial charge is 0.0616 e. The fraction of sp³-hybridized carbons (Fsp3) is 1.00. The highest BCUT2D eigenvalue weighted by Gasteiger charge is 2.41. The SMILES string of the molecule is CCCNC1(CO)CCCC1CCN1CCC(C)(C)CC1. The first kappa shape index (κ1) is 17.2. The van der Waals surface area contributed by atoms with Crippen LogP contribution >= 0.6 is 0 Å². The third-order valence-electron chi connectivity index (χ3n) is 5.97. The monoisotopic (exact) mass is 296 g/mol. The van der Waals surface area contributed by atoms with E-state index in [4.69, 9.17) is 0 Å². The molecule has 0 spiro atoms. The van der Waals surface area contributed by atoms with Gasteiger partial charge in [0.1, 0.15) is 0 Å². The van der Waals surface area contributed by atoms with Crippen LogP contribution in [0.25, 0.3) is 0 Å². The fourth-order valence-corrected chi connectivity index (χ4v) is 4.16. The van der Waals surface area contributed by atoms with Crippen molar-refractivity contribution < 1.29 is 5.11 Å². The lowest BCUT2D eigenvalue weighted by molar-refractivity contribution is 0.0939. The molecule has 21 heavy (non-hydrogen) atoms. The van der Waals surface area contributed by atoms with Crippen LogP contribution in [0.5, 0.6) is 0 Å². The van der Waals surface area contributed by atoms with E-state index in [0.717, 1.165) is 19.4 Å². The molecule has 1 saturated carbocycles. The molecule has 1 heterocycles. The van der Waals surface area contributed by atoms with Crippen molar-refractivity contribution in [2.45, 2.75) is 71.3 Å². The molecule has 0 bridgehead atoms. The van der Waals surface area contributed by atoms with Gasteiger partial charge >= 0.3 is 0 Å². The van der Waals surface area contributed by atoms with Gasteiger partial charge in [-0.3, -0.25) is 0 Å². The molecule has 1 aliphatic heterocycles. The highest BCUT2D eigenvalue weighted by Crippen LogP contribution is 2.38. The maximum atomic E-state index is 9.94. The maximum Gasteiger partial charge on any atom is 0.0616 e. The van der Waals surface area contributed by atoms with Crippen LogP contribution < -0.4 is 5.32 Å². The summed E-state index contributed by atoms with van der Waals surface area (Å²) in [4.78, 5) is 2.64. The van der Waals surface area contributed by atoms with E-state index in [2.05, 4.69) is 31.0 Å². The lowest BCUT2D eigenvalue weighted by atomic mass is 9.82. The molecule has 1 aliphatic carbocycles. The summed E-state index contributed by atoms with van der Waals surface area (Å²) in [5.74, 6) is 0.656. The summed E-state index contributed by atoms with van der Waals surface area (Å²) < 4.78 is 0. The van der Waals surface area contributed by atoms with Gasteiger partial charge in [-0.2, -0.15) is 0 Å². The van der Waals surface area contributed by atoms with Crippen LogP contribution in [0.15, 0.2) is 0 Å². The van der Waals surface area contributed by atoms with Crippen molar-refractivity contribution in [1.29, 1.82) is 0 Å². The maximum absolute atomic E-state index is 9.94. The normalized spacial score (nSPS) is 33.4. The molecule has 2 unspecified atom stereocenters. The molecule has 3 nitrogen and oxygen atoms in total. The van der Waals surface area contributed by atoms with Gasteiger partial charge in [-0.05, 0) is 76.0 Å². The van der Waals surface area contributed by atoms with E-state index in [1.54, 1.807) is 0 Å². The number of aliphatic hydroxyl groups excluding tert-OH is 1. The lowest BCUT2D eigenvalue weighted by Crippen LogP contribution is -2.52. The van der Waals surface area contributed by atoms with Crippen molar-refractivity contribution in [2.75, 3.05) is 32.8 Å². The number of hydrogen-bond donors (Lipinski definition) is 2. The summed E-state index contributed by atoms with van der Waals surface area (Å²) in [5, 5.41) is 13.6. The second-order valence-electron chi connectivity index (χ2n) is 8.12. The lowest BCUT2D eigenvalue weighted by Gasteiger charge is -2.39. The van der Waals surface area contributed by atoms with Crippen LogP contribution in [-0.4, -0.2) is 48.3 Å². The molecule has 0 aromatic carbocycles. The van der Waals surface area contributed by atoms with Crippen molar-refractivity contribution in [2.24, 2.45) is 11.3 Å². The van der Waals surface area contributed by atoms with Crippen LogP contribution in [-0.2, 0) is 0 Å². The molecule has 2 rings (SSSR count). The van der Waals surface area contributed by atoms with Gasteiger partial charge in [-0.1, -0.05) is 27.2 Å². The summed E-state index contributed by atoms with van der Waals surface area (Å²) in [6.07, 6.45) is 8.77. The molecular weight excluding hydrogens is 260 g/mol. The molecule has 2 atom stereocenters. The summed E-state index contributed by atoms with van der Waals surface area (Å²) >= 11 is 0. The Kier molecular flexibility index (Phi) is 6.10. The van der Waals surface area contributed by atoms with Gasteiger partial charge in [0.05, 0.1) is 6.61 Å². The molecule has 0 radical (unpaired) electrons. The summed E-state index contributed by atoms with van der Waals surface area (Å²) in [5.41, 5.74) is 0.562. The Morgan fingerprint density at radius 2 is 1.90 bits per heavy atom. The van der Waals surface area contributed by atoms with Crippen LogP contribution in [0.2, 0.25) is 0 Å². The van der Waals surface area contributed by atoms with Gasteiger partial charge in [-0.25, -0.2) is 0 Å². The number of likely N-dealkylation sites (tertiary alicyclic amines) is 1. The zero-order valence-electron chi connectivity index (χ0n) is 14.5. The van der Waals surface area contributed by atoms with Gasteiger partial charge < -0.3 is 15.3 Å². The number of nitrogens with zero attached hydrogens (tertiary/aromatic N) is 1. The number of rotatable bonds is 7. The predicted octanol–water partition coefficient (Wildman–Crippen LogP) is 3.03. The van der Waals surface area contributed by atoms with Crippen molar-refractivity contribution in [3.8, 4) is 0 Å². The van der Waals surface area contributed by atoms with E-state index in [0.29, 0.717) is 17.9 Å². The van der Waals surface area contributed by atoms with Crippen molar-refractivity contribution in [1.82, 2.24) is 10.2 Å². The van der Waals surface area contributed by atoms with Crippen LogP contribution in [0, 0.1) is 11.3 Å². The number of nitrogens with one attached hydrogen (secondary N) is 1. The summed E-state index contributed by atoms with van der Waals surface area (Å²) in [6.45, 7) is 12.1. The molecule has 0 amide bonds. The van der Waals surface area contributed by atoms with Crippen molar-refractivity contribution >= 4 is 0 Å². The van der Waals surface area contributed by atoms with Gasteiger partial charge in [0, 0.05) is 5.54 Å². The Labute approximate surface area is 131 Å². The first-order valence-corrected chi connectivity index (χ1v) is 9.09. The zero-order valence-corrected chi connectivity index (χ0v) is 14.5. The Morgan fingerprint density at radius 3 is 2.52 bits per heavy atom. The molecule has 1 saturated heterocycles. The fourth-order valence-electron chi connectivity index (χ4n) is 4.16. The van der Waals surface area contributed by atoms with E-state index >= 15 is 0 Å². The highest BCUT2D eigenvalue weighted by atomic mass is 16.3. The van der Waals surface area contributed by atoms with Gasteiger partial charge in [0.15, 0.2) is 0 Å². The Hall–Kier alpha value is -0.120. The second kappa shape index (κ2) is 7.43. The van der Waals surface area contributed by atoms with E-state index in [9.17, 15) is 5.11 Å². The average molecular weight is 296 g/mol. The zero-order chi connectivity index (χ0) is 15.3. The molecule has 124 valence electrons. The van der Waals surface area contributed by atoms with Crippen LogP contribution in [0.3, 0.4) is 0 Å². The second-order valence-corrected chi connectivity index (χ2v) is 8.12. The number of aliphatic hydroxyl groups is 1. The van der Waals surface area contributed by atoms with E-state index in [1.165, 1.54) is 51.7 Å². The third-order valence-corrected chi connectivity index (χ3v) is 5.97. The van der Waals surface area contributed by atoms with E-state index in [1.807, 2.05) is 0 Å². The van der Waals surface area contributed by atoms with Gasteiger partial charge in [0.2, 0.25) is 0 Å². The summed E-state index contributed by atoms with van der Waals surface area (Å²) in [7, 11) is 0. The topological polar surface area (TPSA) is 35.5 Å². The standard InChI is InChI=1S/C18H36N2O/c1-4-11-19-18(15-21)8-5-6-16(18)7-12-20-13-9-17(2,3)10-14-20/h16,19,21H,4-15H2,1-3H3. The predicted molar refractivity (Wildman–Crippen MR) is 89.5 cm³/mol. The Bertz CT molecular complexity index is 308. The molecule has 0 aromatic heterocycles. The highest BCUT2D eigenvalue weighted by molar-refractivity contribution is 4.99. The molecule has 2 fully saturated rings. The number of hydrogen-bond acceptors (Lipinski definition) is 3. The van der Waals surface area contributed by atoms with Crippen LogP contribution in [0.1, 0.15) is 65.7 Å². The molecule has 2 N–H and O–H groups in total. The largest absolute Gasteiger partial charge is 0.394 e. The van der Waals surface area contributed by atoms with E-state index in [-0.39, 0.29) is 5.54 Å². The van der Waals surface area contributed by atoms with Crippen molar-refractivity contribution in [3.05, 3.63) is 0 Å². The first-order valence-electron chi connectivity index (χ1n) is 9.09. The van der Waals surface area contributed by atoms with Gasteiger partial charge in [0.25, 0.3) is 0 Å². The van der Waals surface area contributed by atoms with Crippen molar-refractivity contribution in [3.63, 3.8) is 0 Å². The number of piperidine rings is 1. The molecule has 2 aliphatic rings. The Balaban J connectivity index is 1.81. The third kappa shape index (κ3) is 4.43. The quantitative estimate of drug-likeness (QED) is 0.758. The first-order chi connectivity index (χ1) is 10.0. The average Bonchev–Trinajstić information content (AvgIpc) is 2.87. The minimum absolute atomic E-state index is 0.0189. The minimum Gasteiger partial charge on any atom is -0.394 e. The van der Waals surface area contributed by atoms with Gasteiger partial charge in [-0.15, -0.1) is 0 Å².